The van der Waals surface area contributed by atoms with Crippen LogP contribution >= 0.6 is 0 Å². The summed E-state index contributed by atoms with van der Waals surface area (Å²) in [7, 11) is 0. The molecular weight excluding hydrogens is 562 g/mol. The number of carbonyl (C=O) groups is 3. The Labute approximate surface area is 159 Å². The SMILES string of the molecule is O.O.O.O=C([O-])C(F)(F)F.O=C([O-])C(F)(F)F.O=C([O-])C(F)(F)F.[Lu+3]. The Balaban J connectivity index is -0.0000000360. The Kier molecular flexibility index (Phi) is 28.7. The molecule has 0 aliphatic rings. The van der Waals surface area contributed by atoms with Gasteiger partial charge in [0.25, 0.3) is 0 Å². The number of rotatable bonds is 0. The minimum atomic E-state index is -5.19. The molecule has 19 heteroatoms. The minimum Gasteiger partial charge on any atom is -0.542 e. The quantitative estimate of drug-likeness (QED) is 0.262. The molecule has 0 saturated carbocycles. The van der Waals surface area contributed by atoms with Gasteiger partial charge in [-0.1, -0.05) is 0 Å². The number of hydrogen-bond donors (Lipinski definition) is 0. The molecule has 0 aromatic heterocycles. The molecule has 9 nitrogen and oxygen atoms in total. The molecule has 0 saturated heterocycles. The molecule has 0 amide bonds. The Bertz CT molecular complexity index is 318. The number of carboxylic acid groups (broad SMARTS) is 3. The van der Waals surface area contributed by atoms with E-state index in [1.54, 1.807) is 0 Å². The summed E-state index contributed by atoms with van der Waals surface area (Å²) in [5.74, 6) is -9.02. The number of halogens is 9. The predicted octanol–water partition coefficient (Wildman–Crippen LogP) is -4.58. The number of carboxylic acids is 3. The van der Waals surface area contributed by atoms with Gasteiger partial charge in [-0.05, 0) is 0 Å². The third kappa shape index (κ3) is 35.0. The molecule has 0 radical (unpaired) electrons. The summed E-state index contributed by atoms with van der Waals surface area (Å²) in [6.45, 7) is 0. The third-order valence-electron chi connectivity index (χ3n) is 0.694. The molecule has 0 fully saturated rings. The number of aliphatic carboxylic acids is 3. The molecule has 162 valence electrons. The van der Waals surface area contributed by atoms with Crippen molar-refractivity contribution in [2.45, 2.75) is 18.5 Å². The molecular formula is C6H6F9LuO9. The van der Waals surface area contributed by atoms with Crippen LogP contribution in [0.5, 0.6) is 0 Å². The van der Waals surface area contributed by atoms with E-state index < -0.39 is 36.4 Å². The van der Waals surface area contributed by atoms with E-state index in [4.69, 9.17) is 29.7 Å². The van der Waals surface area contributed by atoms with Crippen LogP contribution in [0.2, 0.25) is 0 Å². The Hall–Kier alpha value is -1.11. The summed E-state index contributed by atoms with van der Waals surface area (Å²) in [6.07, 6.45) is -15.6. The maximum atomic E-state index is 10.5. The Morgan fingerprint density at radius 3 is 0.520 bits per heavy atom. The van der Waals surface area contributed by atoms with E-state index in [0.29, 0.717) is 0 Å². The molecule has 6 N–H and O–H groups in total. The van der Waals surface area contributed by atoms with Crippen molar-refractivity contribution in [1.29, 1.82) is 0 Å². The topological polar surface area (TPSA) is 215 Å². The largest absolute Gasteiger partial charge is 3.00 e. The van der Waals surface area contributed by atoms with Gasteiger partial charge in [0, 0.05) is 0 Å². The molecule has 0 aromatic rings. The number of carbonyl (C=O) groups excluding carboxylic acids is 3. The third-order valence-corrected chi connectivity index (χ3v) is 0.694. The smallest absolute Gasteiger partial charge is 0.542 e. The van der Waals surface area contributed by atoms with Gasteiger partial charge in [0.1, 0.15) is 17.9 Å². The van der Waals surface area contributed by atoms with E-state index in [9.17, 15) is 39.5 Å². The van der Waals surface area contributed by atoms with E-state index >= 15 is 0 Å². The molecule has 0 unspecified atom stereocenters. The predicted molar refractivity (Wildman–Crippen MR) is 44.0 cm³/mol. The summed E-state index contributed by atoms with van der Waals surface area (Å²) in [5, 5.41) is 26.4. The fraction of sp³-hybridized carbons (Fsp3) is 0.500. The molecule has 0 aliphatic carbocycles. The van der Waals surface area contributed by atoms with Crippen molar-refractivity contribution in [2.24, 2.45) is 0 Å². The second-order valence-corrected chi connectivity index (χ2v) is 2.36. The molecule has 0 atom stereocenters. The van der Waals surface area contributed by atoms with Gasteiger partial charge in [0.05, 0.1) is 0 Å². The zero-order valence-corrected chi connectivity index (χ0v) is 12.3. The van der Waals surface area contributed by atoms with Crippen LogP contribution in [0.15, 0.2) is 0 Å². The van der Waals surface area contributed by atoms with Gasteiger partial charge >= 0.3 is 55.4 Å². The van der Waals surface area contributed by atoms with Crippen LogP contribution in [-0.2, 0) is 14.4 Å². The molecule has 0 heterocycles. The summed E-state index contributed by atoms with van der Waals surface area (Å²) in [5.41, 5.74) is 0. The van der Waals surface area contributed by atoms with Crippen LogP contribution in [-0.4, -0.2) is 52.9 Å². The van der Waals surface area contributed by atoms with E-state index in [1.807, 2.05) is 0 Å². The van der Waals surface area contributed by atoms with Gasteiger partial charge in [-0.2, -0.15) is 39.5 Å². The van der Waals surface area contributed by atoms with Gasteiger partial charge in [0.2, 0.25) is 0 Å². The van der Waals surface area contributed by atoms with Gasteiger partial charge in [0.15, 0.2) is 0 Å². The van der Waals surface area contributed by atoms with Gasteiger partial charge in [-0.15, -0.1) is 0 Å². The van der Waals surface area contributed by atoms with Gasteiger partial charge in [-0.3, -0.25) is 0 Å². The van der Waals surface area contributed by atoms with E-state index in [-0.39, 0.29) is 53.3 Å². The van der Waals surface area contributed by atoms with E-state index in [1.165, 1.54) is 0 Å². The average Bonchev–Trinajstić information content (AvgIpc) is 2.14. The monoisotopic (exact) mass is 568 g/mol. The van der Waals surface area contributed by atoms with Crippen LogP contribution in [0.3, 0.4) is 0 Å². The average molecular weight is 568 g/mol. The van der Waals surface area contributed by atoms with Gasteiger partial charge in [-0.25, -0.2) is 0 Å². The summed E-state index contributed by atoms with van der Waals surface area (Å²) in [6, 6.07) is 0. The van der Waals surface area contributed by atoms with Crippen molar-refractivity contribution in [3.8, 4) is 0 Å². The summed E-state index contributed by atoms with van der Waals surface area (Å²) in [4.78, 5) is 26.4. The van der Waals surface area contributed by atoms with Crippen molar-refractivity contribution in [2.75, 3.05) is 0 Å². The molecule has 25 heavy (non-hydrogen) atoms. The fourth-order valence-corrected chi connectivity index (χ4v) is 0. The normalized spacial score (nSPS) is 9.48. The summed E-state index contributed by atoms with van der Waals surface area (Å²) < 4.78 is 94.6. The second-order valence-electron chi connectivity index (χ2n) is 2.36. The Morgan fingerprint density at radius 2 is 0.520 bits per heavy atom. The first-order valence-electron chi connectivity index (χ1n) is 3.68. The number of hydrogen-bond acceptors (Lipinski definition) is 6. The number of alkyl halides is 9. The molecule has 0 aromatic carbocycles. The molecule has 0 spiro atoms. The van der Waals surface area contributed by atoms with E-state index in [0.717, 1.165) is 0 Å². The van der Waals surface area contributed by atoms with Crippen LogP contribution in [0.4, 0.5) is 39.5 Å². The second kappa shape index (κ2) is 16.4. The summed E-state index contributed by atoms with van der Waals surface area (Å²) >= 11 is 0. The van der Waals surface area contributed by atoms with Crippen molar-refractivity contribution >= 4 is 17.9 Å². The standard InChI is InChI=1S/3C2HF3O2.Lu.3H2O/c3*3-2(4,5)1(6)7;;;;/h3*(H,6,7);;3*1H2/q;;;+3;;;/p-3. The molecule has 0 rings (SSSR count). The first-order chi connectivity index (χ1) is 8.83. The van der Waals surface area contributed by atoms with Crippen molar-refractivity contribution in [3.63, 3.8) is 0 Å². The minimum absolute atomic E-state index is 0. The van der Waals surface area contributed by atoms with Crippen LogP contribution in [0, 0.1) is 36.9 Å². The maximum Gasteiger partial charge on any atom is 3.00 e. The zero-order chi connectivity index (χ0) is 18.2. The molecule has 0 aliphatic heterocycles. The van der Waals surface area contributed by atoms with E-state index in [2.05, 4.69) is 0 Å². The van der Waals surface area contributed by atoms with Crippen molar-refractivity contribution < 1.29 is 123 Å². The van der Waals surface area contributed by atoms with Crippen LogP contribution in [0.1, 0.15) is 0 Å². The first-order valence-corrected chi connectivity index (χ1v) is 3.68. The zero-order valence-electron chi connectivity index (χ0n) is 10.6. The first kappa shape index (κ1) is 43.9. The van der Waals surface area contributed by atoms with Crippen molar-refractivity contribution in [1.82, 2.24) is 0 Å². The van der Waals surface area contributed by atoms with Crippen molar-refractivity contribution in [3.05, 3.63) is 0 Å². The van der Waals surface area contributed by atoms with Crippen LogP contribution < -0.4 is 15.3 Å². The fourth-order valence-electron chi connectivity index (χ4n) is 0. The maximum absolute atomic E-state index is 10.5. The van der Waals surface area contributed by atoms with Crippen LogP contribution in [0.25, 0.3) is 0 Å². The van der Waals surface area contributed by atoms with Gasteiger partial charge < -0.3 is 46.1 Å². The molecule has 0 bridgehead atoms. The Morgan fingerprint density at radius 1 is 0.480 bits per heavy atom.